The van der Waals surface area contributed by atoms with Crippen LogP contribution in [0.25, 0.3) is 0 Å². The lowest BCUT2D eigenvalue weighted by atomic mass is 10.2. The molecule has 0 fully saturated rings. The van der Waals surface area contributed by atoms with Gasteiger partial charge in [0.15, 0.2) is 0 Å². The molecule has 0 aromatic heterocycles. The molecule has 6 nitrogen and oxygen atoms in total. The Morgan fingerprint density at radius 2 is 1.85 bits per heavy atom. The maximum absolute atomic E-state index is 11.2. The van der Waals surface area contributed by atoms with Crippen LogP contribution in [0.5, 0.6) is 0 Å². The average Bonchev–Trinajstić information content (AvgIpc) is 2.41. The van der Waals surface area contributed by atoms with E-state index in [1.54, 1.807) is 20.3 Å². The van der Waals surface area contributed by atoms with Crippen molar-refractivity contribution in [3.05, 3.63) is 18.2 Å². The SMILES string of the molecule is COCCN(CCOC)c1ccc(N)c(NC(C)=O)c1. The van der Waals surface area contributed by atoms with E-state index in [1.807, 2.05) is 12.1 Å². The number of methoxy groups -OCH3 is 2. The van der Waals surface area contributed by atoms with Crippen molar-refractivity contribution >= 4 is 23.0 Å². The summed E-state index contributed by atoms with van der Waals surface area (Å²) in [7, 11) is 3.33. The minimum absolute atomic E-state index is 0.144. The van der Waals surface area contributed by atoms with E-state index in [0.29, 0.717) is 24.6 Å². The predicted octanol–water partition coefficient (Wildman–Crippen LogP) is 1.33. The molecule has 1 amide bonds. The lowest BCUT2D eigenvalue weighted by Gasteiger charge is -2.25. The van der Waals surface area contributed by atoms with Gasteiger partial charge in [0.2, 0.25) is 5.91 Å². The van der Waals surface area contributed by atoms with Gasteiger partial charge in [0.05, 0.1) is 24.6 Å². The highest BCUT2D eigenvalue weighted by atomic mass is 16.5. The van der Waals surface area contributed by atoms with E-state index in [2.05, 4.69) is 10.2 Å². The molecule has 0 aliphatic carbocycles. The van der Waals surface area contributed by atoms with Crippen LogP contribution in [0, 0.1) is 0 Å². The minimum Gasteiger partial charge on any atom is -0.397 e. The molecule has 0 spiro atoms. The van der Waals surface area contributed by atoms with Gasteiger partial charge in [-0.15, -0.1) is 0 Å². The second-order valence-electron chi connectivity index (χ2n) is 4.43. The van der Waals surface area contributed by atoms with Crippen LogP contribution in [0.2, 0.25) is 0 Å². The van der Waals surface area contributed by atoms with E-state index in [4.69, 9.17) is 15.2 Å². The maximum Gasteiger partial charge on any atom is 0.221 e. The fourth-order valence-corrected chi connectivity index (χ4v) is 1.81. The number of hydrogen-bond acceptors (Lipinski definition) is 5. The highest BCUT2D eigenvalue weighted by Crippen LogP contribution is 2.25. The average molecular weight is 281 g/mol. The molecule has 0 unspecified atom stereocenters. The second-order valence-corrected chi connectivity index (χ2v) is 4.43. The van der Waals surface area contributed by atoms with Crippen LogP contribution in [0.3, 0.4) is 0 Å². The van der Waals surface area contributed by atoms with Crippen LogP contribution in [-0.4, -0.2) is 46.4 Å². The zero-order chi connectivity index (χ0) is 15.0. The van der Waals surface area contributed by atoms with Crippen molar-refractivity contribution < 1.29 is 14.3 Å². The summed E-state index contributed by atoms with van der Waals surface area (Å²) in [5.41, 5.74) is 7.99. The first kappa shape index (κ1) is 16.3. The smallest absolute Gasteiger partial charge is 0.221 e. The second kappa shape index (κ2) is 8.39. The Balaban J connectivity index is 2.90. The number of rotatable bonds is 8. The third kappa shape index (κ3) is 5.07. The summed E-state index contributed by atoms with van der Waals surface area (Å²) in [4.78, 5) is 13.3. The van der Waals surface area contributed by atoms with E-state index in [-0.39, 0.29) is 5.91 Å². The van der Waals surface area contributed by atoms with Crippen LogP contribution in [0.4, 0.5) is 17.1 Å². The molecule has 0 aliphatic heterocycles. The van der Waals surface area contributed by atoms with Crippen molar-refractivity contribution in [2.75, 3.05) is 56.5 Å². The number of amides is 1. The third-order valence-corrected chi connectivity index (χ3v) is 2.84. The lowest BCUT2D eigenvalue weighted by Crippen LogP contribution is -2.30. The Bertz CT molecular complexity index is 430. The van der Waals surface area contributed by atoms with Gasteiger partial charge in [-0.1, -0.05) is 0 Å². The molecule has 1 aromatic carbocycles. The molecule has 0 saturated carbocycles. The highest BCUT2D eigenvalue weighted by molar-refractivity contribution is 5.93. The fraction of sp³-hybridized carbons (Fsp3) is 0.500. The van der Waals surface area contributed by atoms with Gasteiger partial charge in [-0.25, -0.2) is 0 Å². The van der Waals surface area contributed by atoms with Crippen LogP contribution in [0.15, 0.2) is 18.2 Å². The van der Waals surface area contributed by atoms with Gasteiger partial charge in [-0.2, -0.15) is 0 Å². The number of benzene rings is 1. The van der Waals surface area contributed by atoms with Crippen molar-refractivity contribution in [3.63, 3.8) is 0 Å². The summed E-state index contributed by atoms with van der Waals surface area (Å²) in [6.07, 6.45) is 0. The summed E-state index contributed by atoms with van der Waals surface area (Å²) < 4.78 is 10.2. The summed E-state index contributed by atoms with van der Waals surface area (Å²) >= 11 is 0. The minimum atomic E-state index is -0.144. The number of nitrogens with zero attached hydrogens (tertiary/aromatic N) is 1. The van der Waals surface area contributed by atoms with E-state index in [1.165, 1.54) is 6.92 Å². The number of hydrogen-bond donors (Lipinski definition) is 2. The molecule has 1 rings (SSSR count). The van der Waals surface area contributed by atoms with E-state index in [0.717, 1.165) is 18.8 Å². The van der Waals surface area contributed by atoms with Crippen molar-refractivity contribution in [1.82, 2.24) is 0 Å². The molecule has 1 aromatic rings. The van der Waals surface area contributed by atoms with Crippen LogP contribution in [-0.2, 0) is 14.3 Å². The molecule has 112 valence electrons. The molecular formula is C14H23N3O3. The van der Waals surface area contributed by atoms with Gasteiger partial charge in [0.25, 0.3) is 0 Å². The van der Waals surface area contributed by atoms with Gasteiger partial charge < -0.3 is 25.4 Å². The molecule has 0 radical (unpaired) electrons. The van der Waals surface area contributed by atoms with Gasteiger partial charge in [-0.05, 0) is 18.2 Å². The van der Waals surface area contributed by atoms with Gasteiger partial charge in [-0.3, -0.25) is 4.79 Å². The lowest BCUT2D eigenvalue weighted by molar-refractivity contribution is -0.114. The predicted molar refractivity (Wildman–Crippen MR) is 81.1 cm³/mol. The van der Waals surface area contributed by atoms with Crippen LogP contribution >= 0.6 is 0 Å². The van der Waals surface area contributed by atoms with Gasteiger partial charge in [0.1, 0.15) is 0 Å². The van der Waals surface area contributed by atoms with Crippen molar-refractivity contribution in [2.45, 2.75) is 6.92 Å². The molecule has 0 aliphatic rings. The van der Waals surface area contributed by atoms with Crippen LogP contribution in [0.1, 0.15) is 6.92 Å². The molecule has 6 heteroatoms. The van der Waals surface area contributed by atoms with Gasteiger partial charge >= 0.3 is 0 Å². The number of carbonyl (C=O) groups excluding carboxylic acids is 1. The first-order valence-corrected chi connectivity index (χ1v) is 6.48. The zero-order valence-electron chi connectivity index (χ0n) is 12.3. The topological polar surface area (TPSA) is 76.8 Å². The molecule has 0 bridgehead atoms. The number of nitrogens with one attached hydrogen (secondary N) is 1. The zero-order valence-corrected chi connectivity index (χ0v) is 12.3. The molecule has 0 heterocycles. The molecule has 0 saturated heterocycles. The normalized spacial score (nSPS) is 10.3. The van der Waals surface area contributed by atoms with Crippen molar-refractivity contribution in [3.8, 4) is 0 Å². The van der Waals surface area contributed by atoms with Crippen molar-refractivity contribution in [2.24, 2.45) is 0 Å². The summed E-state index contributed by atoms with van der Waals surface area (Å²) in [5.74, 6) is -0.144. The number of carbonyl (C=O) groups is 1. The molecule has 20 heavy (non-hydrogen) atoms. The maximum atomic E-state index is 11.2. The standard InChI is InChI=1S/C14H23N3O3/c1-11(18)16-14-10-12(4-5-13(14)15)17(6-8-19-2)7-9-20-3/h4-5,10H,6-9,15H2,1-3H3,(H,16,18). The quantitative estimate of drug-likeness (QED) is 0.703. The Morgan fingerprint density at radius 3 is 2.35 bits per heavy atom. The Hall–Kier alpha value is -1.79. The van der Waals surface area contributed by atoms with Gasteiger partial charge in [0, 0.05) is 39.9 Å². The Morgan fingerprint density at radius 1 is 1.25 bits per heavy atom. The summed E-state index contributed by atoms with van der Waals surface area (Å²) in [6.45, 7) is 4.17. The molecule has 0 atom stereocenters. The Labute approximate surface area is 119 Å². The summed E-state index contributed by atoms with van der Waals surface area (Å²) in [5, 5.41) is 2.73. The Kier molecular flexibility index (Phi) is 6.83. The molecule has 3 N–H and O–H groups in total. The van der Waals surface area contributed by atoms with E-state index >= 15 is 0 Å². The largest absolute Gasteiger partial charge is 0.397 e. The number of nitrogen functional groups attached to an aromatic ring is 1. The first-order valence-electron chi connectivity index (χ1n) is 6.48. The van der Waals surface area contributed by atoms with E-state index in [9.17, 15) is 4.79 Å². The van der Waals surface area contributed by atoms with Crippen molar-refractivity contribution in [1.29, 1.82) is 0 Å². The fourth-order valence-electron chi connectivity index (χ4n) is 1.81. The summed E-state index contributed by atoms with van der Waals surface area (Å²) in [6, 6.07) is 5.57. The highest BCUT2D eigenvalue weighted by Gasteiger charge is 2.09. The van der Waals surface area contributed by atoms with E-state index < -0.39 is 0 Å². The first-order chi connectivity index (χ1) is 9.58. The third-order valence-electron chi connectivity index (χ3n) is 2.84. The number of nitrogens with two attached hydrogens (primary N) is 1. The van der Waals surface area contributed by atoms with Crippen LogP contribution < -0.4 is 16.0 Å². The monoisotopic (exact) mass is 281 g/mol. The molecular weight excluding hydrogens is 258 g/mol. The number of anilines is 3. The number of ether oxygens (including phenoxy) is 2.